The zero-order valence-corrected chi connectivity index (χ0v) is 20.6. The second-order valence-electron chi connectivity index (χ2n) is 9.16. The van der Waals surface area contributed by atoms with Gasteiger partial charge >= 0.3 is 0 Å². The van der Waals surface area contributed by atoms with E-state index in [1.165, 1.54) is 23.6 Å². The highest BCUT2D eigenvalue weighted by atomic mass is 16.2. The molecule has 3 aromatic rings. The number of carbonyl (C=O) groups excluding carboxylic acids is 2. The van der Waals surface area contributed by atoms with Gasteiger partial charge in [-0.25, -0.2) is 0 Å². The minimum atomic E-state index is -0.135. The summed E-state index contributed by atoms with van der Waals surface area (Å²) in [5.74, 6) is 0.553. The Morgan fingerprint density at radius 1 is 0.972 bits per heavy atom. The van der Waals surface area contributed by atoms with Gasteiger partial charge in [0.2, 0.25) is 5.91 Å². The van der Waals surface area contributed by atoms with Gasteiger partial charge in [-0.3, -0.25) is 9.59 Å². The molecule has 1 aromatic heterocycles. The number of rotatable bonds is 7. The number of allylic oxidation sites excluding steroid dienone is 1. The standard InChI is InChI=1S/C28H30N6O2/c1-19(35)28-26(29-18-22-7-3-5-21-6-4-8-25(21)22)17-27(31-32-28)30-23-9-11-24(12-10-23)34-15-13-33(14-16-34)20(2)36/h3-5,7-12,17H,6,13-16,18H2,1-2H3,(H2,29,30,31). The molecule has 0 bridgehead atoms. The van der Waals surface area contributed by atoms with Crippen molar-refractivity contribution in [2.75, 3.05) is 41.7 Å². The van der Waals surface area contributed by atoms with E-state index >= 15 is 0 Å². The molecule has 1 aliphatic carbocycles. The molecular weight excluding hydrogens is 452 g/mol. The van der Waals surface area contributed by atoms with Gasteiger partial charge in [0.05, 0.1) is 5.69 Å². The fourth-order valence-electron chi connectivity index (χ4n) is 4.74. The van der Waals surface area contributed by atoms with E-state index in [-0.39, 0.29) is 11.7 Å². The summed E-state index contributed by atoms with van der Waals surface area (Å²) in [5, 5.41) is 15.1. The second kappa shape index (κ2) is 10.2. The van der Waals surface area contributed by atoms with Gasteiger partial charge < -0.3 is 20.4 Å². The second-order valence-corrected chi connectivity index (χ2v) is 9.16. The molecule has 1 fully saturated rings. The number of fused-ring (bicyclic) bond motifs is 1. The monoisotopic (exact) mass is 482 g/mol. The zero-order valence-electron chi connectivity index (χ0n) is 20.6. The number of carbonyl (C=O) groups is 2. The summed E-state index contributed by atoms with van der Waals surface area (Å²) in [6.45, 7) is 6.83. The highest BCUT2D eigenvalue weighted by Crippen LogP contribution is 2.26. The molecule has 2 aliphatic rings. The van der Waals surface area contributed by atoms with Crippen LogP contribution in [0.25, 0.3) is 6.08 Å². The molecular formula is C28H30N6O2. The number of amides is 1. The maximum absolute atomic E-state index is 12.2. The number of nitrogens with zero attached hydrogens (tertiary/aromatic N) is 4. The normalized spacial score (nSPS) is 14.5. The highest BCUT2D eigenvalue weighted by Gasteiger charge is 2.19. The maximum Gasteiger partial charge on any atom is 0.219 e. The summed E-state index contributed by atoms with van der Waals surface area (Å²) in [4.78, 5) is 27.9. The molecule has 0 radical (unpaired) electrons. The first kappa shape index (κ1) is 23.5. The molecule has 8 nitrogen and oxygen atoms in total. The first-order valence-corrected chi connectivity index (χ1v) is 12.3. The average molecular weight is 483 g/mol. The van der Waals surface area contributed by atoms with Crippen LogP contribution >= 0.6 is 0 Å². The van der Waals surface area contributed by atoms with Crippen LogP contribution < -0.4 is 15.5 Å². The van der Waals surface area contributed by atoms with Gasteiger partial charge in [-0.05, 0) is 47.4 Å². The van der Waals surface area contributed by atoms with Crippen LogP contribution in [0.5, 0.6) is 0 Å². The number of piperazine rings is 1. The predicted octanol–water partition coefficient (Wildman–Crippen LogP) is 4.27. The molecule has 1 amide bonds. The lowest BCUT2D eigenvalue weighted by molar-refractivity contribution is -0.129. The molecule has 0 unspecified atom stereocenters. The van der Waals surface area contributed by atoms with Crippen molar-refractivity contribution >= 4 is 40.6 Å². The molecule has 2 N–H and O–H groups in total. The Morgan fingerprint density at radius 2 is 1.75 bits per heavy atom. The third-order valence-electron chi connectivity index (χ3n) is 6.74. The molecule has 36 heavy (non-hydrogen) atoms. The van der Waals surface area contributed by atoms with Crippen LogP contribution in [-0.2, 0) is 17.8 Å². The van der Waals surface area contributed by atoms with E-state index in [0.717, 1.165) is 44.0 Å². The van der Waals surface area contributed by atoms with Crippen molar-refractivity contribution in [2.45, 2.75) is 26.8 Å². The lowest BCUT2D eigenvalue weighted by atomic mass is 10.0. The number of benzene rings is 2. The van der Waals surface area contributed by atoms with Gasteiger partial charge in [-0.15, -0.1) is 10.2 Å². The zero-order chi connectivity index (χ0) is 25.1. The van der Waals surface area contributed by atoms with E-state index in [9.17, 15) is 9.59 Å². The van der Waals surface area contributed by atoms with Gasteiger partial charge in [-0.1, -0.05) is 30.4 Å². The first-order chi connectivity index (χ1) is 17.5. The van der Waals surface area contributed by atoms with E-state index < -0.39 is 0 Å². The molecule has 1 aliphatic heterocycles. The maximum atomic E-state index is 12.2. The van der Waals surface area contributed by atoms with Crippen molar-refractivity contribution in [3.8, 4) is 0 Å². The average Bonchev–Trinajstić information content (AvgIpc) is 3.38. The minimum absolute atomic E-state index is 0.129. The van der Waals surface area contributed by atoms with Gasteiger partial charge in [0.25, 0.3) is 0 Å². The number of nitrogens with one attached hydrogen (secondary N) is 2. The topological polar surface area (TPSA) is 90.5 Å². The van der Waals surface area contributed by atoms with Crippen molar-refractivity contribution in [1.82, 2.24) is 15.1 Å². The fraction of sp³-hybridized carbons (Fsp3) is 0.286. The van der Waals surface area contributed by atoms with Gasteiger partial charge in [-0.2, -0.15) is 0 Å². The lowest BCUT2D eigenvalue weighted by Crippen LogP contribution is -2.48. The van der Waals surface area contributed by atoms with Crippen LogP contribution in [0.15, 0.2) is 54.6 Å². The summed E-state index contributed by atoms with van der Waals surface area (Å²) >= 11 is 0. The minimum Gasteiger partial charge on any atom is -0.379 e. The third kappa shape index (κ3) is 5.07. The number of hydrogen-bond acceptors (Lipinski definition) is 7. The molecule has 8 heteroatoms. The van der Waals surface area contributed by atoms with Gasteiger partial charge in [0.1, 0.15) is 0 Å². The van der Waals surface area contributed by atoms with Crippen molar-refractivity contribution in [2.24, 2.45) is 0 Å². The summed E-state index contributed by atoms with van der Waals surface area (Å²) in [7, 11) is 0. The number of aromatic nitrogens is 2. The van der Waals surface area contributed by atoms with Crippen LogP contribution in [0.2, 0.25) is 0 Å². The van der Waals surface area contributed by atoms with Crippen LogP contribution in [0.1, 0.15) is 41.0 Å². The van der Waals surface area contributed by atoms with Crippen LogP contribution in [0, 0.1) is 0 Å². The summed E-state index contributed by atoms with van der Waals surface area (Å²) in [5.41, 5.74) is 6.72. The van der Waals surface area contributed by atoms with E-state index in [2.05, 4.69) is 68.2 Å². The number of hydrogen-bond donors (Lipinski definition) is 2. The van der Waals surface area contributed by atoms with E-state index in [0.29, 0.717) is 23.7 Å². The van der Waals surface area contributed by atoms with Gasteiger partial charge in [0.15, 0.2) is 17.3 Å². The molecule has 184 valence electrons. The Balaban J connectivity index is 1.27. The van der Waals surface area contributed by atoms with Gasteiger partial charge in [0, 0.05) is 64.0 Å². The Labute approximate surface area is 211 Å². The molecule has 0 spiro atoms. The molecule has 0 saturated carbocycles. The Morgan fingerprint density at radius 3 is 2.47 bits per heavy atom. The van der Waals surface area contributed by atoms with Crippen molar-refractivity contribution in [3.63, 3.8) is 0 Å². The van der Waals surface area contributed by atoms with Crippen molar-refractivity contribution in [3.05, 3.63) is 77.0 Å². The highest BCUT2D eigenvalue weighted by molar-refractivity contribution is 5.97. The first-order valence-electron chi connectivity index (χ1n) is 12.3. The van der Waals surface area contributed by atoms with Crippen molar-refractivity contribution < 1.29 is 9.59 Å². The van der Waals surface area contributed by atoms with Crippen LogP contribution in [0.4, 0.5) is 22.9 Å². The van der Waals surface area contributed by atoms with E-state index in [1.54, 1.807) is 6.92 Å². The predicted molar refractivity (Wildman–Crippen MR) is 143 cm³/mol. The Bertz CT molecular complexity index is 1310. The Hall–Kier alpha value is -4.20. The van der Waals surface area contributed by atoms with Crippen LogP contribution in [0.3, 0.4) is 0 Å². The largest absolute Gasteiger partial charge is 0.379 e. The SMILES string of the molecule is CC(=O)c1nnc(Nc2ccc(N3CCN(C(C)=O)CC3)cc2)cc1NCc1cccc2c1C=CC2. The van der Waals surface area contributed by atoms with Crippen LogP contribution in [-0.4, -0.2) is 53.0 Å². The number of anilines is 4. The van der Waals surface area contributed by atoms with Crippen molar-refractivity contribution in [1.29, 1.82) is 0 Å². The third-order valence-corrected chi connectivity index (χ3v) is 6.74. The molecule has 2 aromatic carbocycles. The lowest BCUT2D eigenvalue weighted by Gasteiger charge is -2.35. The summed E-state index contributed by atoms with van der Waals surface area (Å²) in [6, 6.07) is 16.3. The smallest absolute Gasteiger partial charge is 0.219 e. The summed E-state index contributed by atoms with van der Waals surface area (Å²) < 4.78 is 0. The number of Topliss-reactive ketones (excluding diaryl/α,β-unsaturated/α-hetero) is 1. The van der Waals surface area contributed by atoms with E-state index in [1.807, 2.05) is 23.1 Å². The molecule has 5 rings (SSSR count). The molecule has 1 saturated heterocycles. The fourth-order valence-corrected chi connectivity index (χ4v) is 4.74. The number of ketones is 1. The quantitative estimate of drug-likeness (QED) is 0.486. The Kier molecular flexibility index (Phi) is 6.66. The molecule has 2 heterocycles. The van der Waals surface area contributed by atoms with E-state index in [4.69, 9.17) is 0 Å². The molecule has 0 atom stereocenters. The summed E-state index contributed by atoms with van der Waals surface area (Å²) in [6.07, 6.45) is 5.28.